The quantitative estimate of drug-likeness (QED) is 0.928. The Morgan fingerprint density at radius 2 is 1.68 bits per heavy atom. The summed E-state index contributed by atoms with van der Waals surface area (Å²) in [5.74, 6) is 0.778. The van der Waals surface area contributed by atoms with Crippen LogP contribution in [0.3, 0.4) is 0 Å². The van der Waals surface area contributed by atoms with Gasteiger partial charge in [0, 0.05) is 37.6 Å². The van der Waals surface area contributed by atoms with Crippen molar-refractivity contribution in [3.8, 4) is 5.75 Å². The van der Waals surface area contributed by atoms with Crippen molar-refractivity contribution in [2.24, 2.45) is 0 Å². The Labute approximate surface area is 149 Å². The van der Waals surface area contributed by atoms with Crippen LogP contribution in [0.4, 0.5) is 16.2 Å². The molecule has 0 atom stereocenters. The van der Waals surface area contributed by atoms with E-state index in [1.54, 1.807) is 7.11 Å². The smallest absolute Gasteiger partial charge is 0.321 e. The van der Waals surface area contributed by atoms with Crippen LogP contribution < -0.4 is 15.0 Å². The minimum atomic E-state index is -0.0505. The van der Waals surface area contributed by atoms with E-state index in [2.05, 4.69) is 42.3 Å². The number of aryl methyl sites for hydroxylation is 2. The number of piperazine rings is 1. The molecule has 1 aliphatic heterocycles. The van der Waals surface area contributed by atoms with Crippen LogP contribution >= 0.6 is 0 Å². The van der Waals surface area contributed by atoms with Crippen LogP contribution in [0.25, 0.3) is 0 Å². The SMILES string of the molecule is COc1ccc(NC(=O)N2CCN(c3ccc(C)cc3C)CC2)cc1. The predicted molar refractivity (Wildman–Crippen MR) is 102 cm³/mol. The molecule has 1 saturated heterocycles. The second-order valence-electron chi connectivity index (χ2n) is 6.42. The molecule has 2 aromatic rings. The lowest BCUT2D eigenvalue weighted by Crippen LogP contribution is -2.50. The summed E-state index contributed by atoms with van der Waals surface area (Å²) in [5, 5.41) is 2.95. The second-order valence-corrected chi connectivity index (χ2v) is 6.42. The zero-order valence-corrected chi connectivity index (χ0v) is 15.1. The summed E-state index contributed by atoms with van der Waals surface area (Å²) in [4.78, 5) is 16.7. The number of benzene rings is 2. The molecule has 0 aliphatic carbocycles. The van der Waals surface area contributed by atoms with Crippen LogP contribution in [0.1, 0.15) is 11.1 Å². The van der Waals surface area contributed by atoms with E-state index in [-0.39, 0.29) is 6.03 Å². The van der Waals surface area contributed by atoms with E-state index in [1.807, 2.05) is 29.2 Å². The Balaban J connectivity index is 1.56. The summed E-state index contributed by atoms with van der Waals surface area (Å²) in [5.41, 5.74) is 4.61. The van der Waals surface area contributed by atoms with Crippen LogP contribution in [0.15, 0.2) is 42.5 Å². The number of rotatable bonds is 3. The number of amides is 2. The van der Waals surface area contributed by atoms with E-state index in [0.29, 0.717) is 0 Å². The van der Waals surface area contributed by atoms with Gasteiger partial charge in [-0.05, 0) is 49.7 Å². The Hall–Kier alpha value is -2.69. The molecule has 2 amide bonds. The van der Waals surface area contributed by atoms with Gasteiger partial charge in [0.2, 0.25) is 0 Å². The summed E-state index contributed by atoms with van der Waals surface area (Å²) in [6.45, 7) is 7.38. The number of carbonyl (C=O) groups excluding carboxylic acids is 1. The fourth-order valence-electron chi connectivity index (χ4n) is 3.19. The summed E-state index contributed by atoms with van der Waals surface area (Å²) >= 11 is 0. The highest BCUT2D eigenvalue weighted by atomic mass is 16.5. The molecule has 0 unspecified atom stereocenters. The highest BCUT2D eigenvalue weighted by Gasteiger charge is 2.22. The molecule has 5 nitrogen and oxygen atoms in total. The summed E-state index contributed by atoms with van der Waals surface area (Å²) in [6.07, 6.45) is 0. The zero-order valence-electron chi connectivity index (χ0n) is 15.1. The number of urea groups is 1. The van der Waals surface area contributed by atoms with Gasteiger partial charge in [0.05, 0.1) is 7.11 Å². The summed E-state index contributed by atoms with van der Waals surface area (Å²) in [6, 6.07) is 13.9. The van der Waals surface area contributed by atoms with Crippen molar-refractivity contribution in [3.05, 3.63) is 53.6 Å². The van der Waals surface area contributed by atoms with E-state index < -0.39 is 0 Å². The topological polar surface area (TPSA) is 44.8 Å². The standard InChI is InChI=1S/C20H25N3O2/c1-15-4-9-19(16(2)14-15)22-10-12-23(13-11-22)20(24)21-17-5-7-18(25-3)8-6-17/h4-9,14H,10-13H2,1-3H3,(H,21,24). The van der Waals surface area contributed by atoms with Gasteiger partial charge in [0.1, 0.15) is 5.75 Å². The lowest BCUT2D eigenvalue weighted by atomic mass is 10.1. The average molecular weight is 339 g/mol. The van der Waals surface area contributed by atoms with Gasteiger partial charge in [0.25, 0.3) is 0 Å². The molecule has 2 aromatic carbocycles. The van der Waals surface area contributed by atoms with Gasteiger partial charge in [-0.25, -0.2) is 4.79 Å². The van der Waals surface area contributed by atoms with Crippen LogP contribution in [-0.2, 0) is 0 Å². The molecule has 0 radical (unpaired) electrons. The Morgan fingerprint density at radius 1 is 1.00 bits per heavy atom. The molecule has 5 heteroatoms. The maximum absolute atomic E-state index is 12.4. The van der Waals surface area contributed by atoms with Gasteiger partial charge < -0.3 is 19.9 Å². The molecular weight excluding hydrogens is 314 g/mol. The molecule has 25 heavy (non-hydrogen) atoms. The van der Waals surface area contributed by atoms with Crippen molar-refractivity contribution in [1.29, 1.82) is 0 Å². The largest absolute Gasteiger partial charge is 0.497 e. The predicted octanol–water partition coefficient (Wildman–Crippen LogP) is 3.67. The number of anilines is 2. The van der Waals surface area contributed by atoms with Crippen molar-refractivity contribution in [2.45, 2.75) is 13.8 Å². The molecule has 3 rings (SSSR count). The zero-order chi connectivity index (χ0) is 17.8. The number of methoxy groups -OCH3 is 1. The van der Waals surface area contributed by atoms with E-state index in [0.717, 1.165) is 37.6 Å². The lowest BCUT2D eigenvalue weighted by Gasteiger charge is -2.36. The molecule has 1 aliphatic rings. The number of ether oxygens (including phenoxy) is 1. The van der Waals surface area contributed by atoms with Crippen molar-refractivity contribution in [1.82, 2.24) is 4.90 Å². The first-order chi connectivity index (χ1) is 12.1. The highest BCUT2D eigenvalue weighted by Crippen LogP contribution is 2.23. The van der Waals surface area contributed by atoms with E-state index >= 15 is 0 Å². The van der Waals surface area contributed by atoms with Gasteiger partial charge in [0.15, 0.2) is 0 Å². The van der Waals surface area contributed by atoms with Gasteiger partial charge in [-0.3, -0.25) is 0 Å². The molecular formula is C20H25N3O2. The van der Waals surface area contributed by atoms with Crippen molar-refractivity contribution >= 4 is 17.4 Å². The normalized spacial score (nSPS) is 14.4. The first-order valence-corrected chi connectivity index (χ1v) is 8.59. The number of nitrogens with one attached hydrogen (secondary N) is 1. The molecule has 132 valence electrons. The molecule has 0 aromatic heterocycles. The first-order valence-electron chi connectivity index (χ1n) is 8.59. The molecule has 1 heterocycles. The molecule has 0 bridgehead atoms. The third-order valence-electron chi connectivity index (χ3n) is 4.60. The Morgan fingerprint density at radius 3 is 2.28 bits per heavy atom. The van der Waals surface area contributed by atoms with Crippen molar-refractivity contribution in [3.63, 3.8) is 0 Å². The average Bonchev–Trinajstić information content (AvgIpc) is 2.62. The lowest BCUT2D eigenvalue weighted by molar-refractivity contribution is 0.208. The van der Waals surface area contributed by atoms with Gasteiger partial charge in [-0.1, -0.05) is 17.7 Å². The number of nitrogens with zero attached hydrogens (tertiary/aromatic N) is 2. The Bertz CT molecular complexity index is 735. The maximum atomic E-state index is 12.4. The Kier molecular flexibility index (Phi) is 5.12. The third kappa shape index (κ3) is 4.05. The van der Waals surface area contributed by atoms with E-state index in [1.165, 1.54) is 16.8 Å². The molecule has 0 spiro atoms. The number of carbonyl (C=O) groups is 1. The fraction of sp³-hybridized carbons (Fsp3) is 0.350. The summed E-state index contributed by atoms with van der Waals surface area (Å²) < 4.78 is 5.13. The third-order valence-corrected chi connectivity index (χ3v) is 4.60. The second kappa shape index (κ2) is 7.47. The molecule has 0 saturated carbocycles. The number of hydrogen-bond acceptors (Lipinski definition) is 3. The minimum Gasteiger partial charge on any atom is -0.497 e. The first kappa shape index (κ1) is 17.1. The molecule has 1 N–H and O–H groups in total. The van der Waals surface area contributed by atoms with Gasteiger partial charge in [-0.2, -0.15) is 0 Å². The van der Waals surface area contributed by atoms with Crippen molar-refractivity contribution < 1.29 is 9.53 Å². The monoisotopic (exact) mass is 339 g/mol. The maximum Gasteiger partial charge on any atom is 0.321 e. The van der Waals surface area contributed by atoms with Gasteiger partial charge >= 0.3 is 6.03 Å². The van der Waals surface area contributed by atoms with E-state index in [4.69, 9.17) is 4.74 Å². The van der Waals surface area contributed by atoms with Crippen LogP contribution in [-0.4, -0.2) is 44.2 Å². The van der Waals surface area contributed by atoms with E-state index in [9.17, 15) is 4.79 Å². The van der Waals surface area contributed by atoms with Gasteiger partial charge in [-0.15, -0.1) is 0 Å². The minimum absolute atomic E-state index is 0.0505. The summed E-state index contributed by atoms with van der Waals surface area (Å²) in [7, 11) is 1.63. The molecule has 1 fully saturated rings. The number of hydrogen-bond donors (Lipinski definition) is 1. The van der Waals surface area contributed by atoms with Crippen molar-refractivity contribution in [2.75, 3.05) is 43.5 Å². The van der Waals surface area contributed by atoms with Crippen LogP contribution in [0, 0.1) is 13.8 Å². The van der Waals surface area contributed by atoms with Crippen LogP contribution in [0.2, 0.25) is 0 Å². The highest BCUT2D eigenvalue weighted by molar-refractivity contribution is 5.89. The van der Waals surface area contributed by atoms with Crippen LogP contribution in [0.5, 0.6) is 5.75 Å². The fourth-order valence-corrected chi connectivity index (χ4v) is 3.19.